The minimum atomic E-state index is -0.461. The average molecular weight is 484 g/mol. The average Bonchev–Trinajstić information content (AvgIpc) is 2.91. The molecule has 0 saturated carbocycles. The van der Waals surface area contributed by atoms with Crippen LogP contribution >= 0.6 is 38.5 Å². The zero-order chi connectivity index (χ0) is 16.4. The van der Waals surface area contributed by atoms with Gasteiger partial charge in [-0.25, -0.2) is 9.79 Å². The van der Waals surface area contributed by atoms with E-state index in [0.717, 1.165) is 24.9 Å². The molecular weight excluding hydrogens is 473 g/mol. The molecule has 2 aromatic rings. The van der Waals surface area contributed by atoms with Crippen molar-refractivity contribution in [3.05, 3.63) is 67.3 Å². The number of hydrogen-bond acceptors (Lipinski definition) is 4. The van der Waals surface area contributed by atoms with Crippen LogP contribution in [-0.2, 0) is 9.53 Å². The van der Waals surface area contributed by atoms with Crippen molar-refractivity contribution in [2.75, 3.05) is 7.11 Å². The van der Waals surface area contributed by atoms with Gasteiger partial charge in [-0.1, -0.05) is 12.1 Å². The SMILES string of the molecule is COc1cccc(/C=C2\N=C(c3ccc(I)c(Br)c3)OC2=O)c1. The number of nitrogens with zero attached hydrogens (tertiary/aromatic N) is 1. The number of rotatable bonds is 3. The number of carbonyl (C=O) groups is 1. The Morgan fingerprint density at radius 2 is 2.09 bits per heavy atom. The Balaban J connectivity index is 1.94. The molecule has 4 nitrogen and oxygen atoms in total. The first kappa shape index (κ1) is 16.2. The summed E-state index contributed by atoms with van der Waals surface area (Å²) >= 11 is 5.68. The van der Waals surface area contributed by atoms with E-state index >= 15 is 0 Å². The molecule has 0 unspecified atom stereocenters. The molecule has 116 valence electrons. The zero-order valence-corrected chi connectivity index (χ0v) is 15.8. The lowest BCUT2D eigenvalue weighted by molar-refractivity contribution is -0.129. The van der Waals surface area contributed by atoms with Crippen LogP contribution in [0.4, 0.5) is 0 Å². The number of methoxy groups -OCH3 is 1. The number of ether oxygens (including phenoxy) is 2. The lowest BCUT2D eigenvalue weighted by Gasteiger charge is -2.01. The second kappa shape index (κ2) is 6.84. The molecule has 0 radical (unpaired) electrons. The van der Waals surface area contributed by atoms with E-state index in [1.54, 1.807) is 13.2 Å². The summed E-state index contributed by atoms with van der Waals surface area (Å²) in [6, 6.07) is 13.1. The highest BCUT2D eigenvalue weighted by molar-refractivity contribution is 14.1. The van der Waals surface area contributed by atoms with Crippen LogP contribution in [0.25, 0.3) is 6.08 Å². The monoisotopic (exact) mass is 483 g/mol. The largest absolute Gasteiger partial charge is 0.497 e. The van der Waals surface area contributed by atoms with Crippen LogP contribution in [0.2, 0.25) is 0 Å². The van der Waals surface area contributed by atoms with Gasteiger partial charge in [0.1, 0.15) is 5.75 Å². The van der Waals surface area contributed by atoms with Crippen molar-refractivity contribution < 1.29 is 14.3 Å². The summed E-state index contributed by atoms with van der Waals surface area (Å²) in [4.78, 5) is 16.3. The smallest absolute Gasteiger partial charge is 0.363 e. The van der Waals surface area contributed by atoms with Crippen molar-refractivity contribution >= 4 is 56.5 Å². The minimum absolute atomic E-state index is 0.267. The maximum Gasteiger partial charge on any atom is 0.363 e. The fourth-order valence-corrected chi connectivity index (χ4v) is 2.77. The van der Waals surface area contributed by atoms with Gasteiger partial charge in [0.25, 0.3) is 0 Å². The van der Waals surface area contributed by atoms with Gasteiger partial charge in [0.15, 0.2) is 5.70 Å². The van der Waals surface area contributed by atoms with E-state index in [2.05, 4.69) is 43.5 Å². The van der Waals surface area contributed by atoms with Crippen LogP contribution in [0.15, 0.2) is 57.6 Å². The molecule has 1 aliphatic rings. The molecule has 0 amide bonds. The molecular formula is C17H11BrINO3. The van der Waals surface area contributed by atoms with Crippen LogP contribution in [0.1, 0.15) is 11.1 Å². The predicted octanol–water partition coefficient (Wildman–Crippen LogP) is 4.41. The van der Waals surface area contributed by atoms with Crippen LogP contribution in [-0.4, -0.2) is 19.0 Å². The van der Waals surface area contributed by atoms with Gasteiger partial charge < -0.3 is 9.47 Å². The van der Waals surface area contributed by atoms with Gasteiger partial charge in [0.2, 0.25) is 5.90 Å². The number of carbonyl (C=O) groups excluding carboxylic acids is 1. The number of benzene rings is 2. The van der Waals surface area contributed by atoms with Crippen LogP contribution in [0.3, 0.4) is 0 Å². The first-order valence-electron chi connectivity index (χ1n) is 6.69. The van der Waals surface area contributed by atoms with Crippen molar-refractivity contribution in [1.82, 2.24) is 0 Å². The van der Waals surface area contributed by atoms with Gasteiger partial charge in [0, 0.05) is 13.6 Å². The van der Waals surface area contributed by atoms with E-state index in [4.69, 9.17) is 9.47 Å². The topological polar surface area (TPSA) is 47.9 Å². The predicted molar refractivity (Wildman–Crippen MR) is 100 cm³/mol. The fourth-order valence-electron chi connectivity index (χ4n) is 2.05. The maximum atomic E-state index is 12.0. The lowest BCUT2D eigenvalue weighted by Crippen LogP contribution is -2.05. The van der Waals surface area contributed by atoms with Crippen molar-refractivity contribution in [1.29, 1.82) is 0 Å². The Morgan fingerprint density at radius 3 is 2.83 bits per heavy atom. The molecule has 0 spiro atoms. The number of hydrogen-bond donors (Lipinski definition) is 0. The molecule has 2 aromatic carbocycles. The van der Waals surface area contributed by atoms with Crippen molar-refractivity contribution in [2.24, 2.45) is 4.99 Å². The molecule has 0 bridgehead atoms. The number of aliphatic imine (C=N–C) groups is 1. The molecule has 1 aliphatic heterocycles. The van der Waals surface area contributed by atoms with E-state index in [9.17, 15) is 4.79 Å². The van der Waals surface area contributed by atoms with Crippen molar-refractivity contribution in [3.8, 4) is 5.75 Å². The van der Waals surface area contributed by atoms with Crippen LogP contribution in [0, 0.1) is 3.57 Å². The summed E-state index contributed by atoms with van der Waals surface area (Å²) in [6.45, 7) is 0. The van der Waals surface area contributed by atoms with Crippen molar-refractivity contribution in [3.63, 3.8) is 0 Å². The highest BCUT2D eigenvalue weighted by Gasteiger charge is 2.24. The van der Waals surface area contributed by atoms with E-state index in [1.165, 1.54) is 0 Å². The summed E-state index contributed by atoms with van der Waals surface area (Å²) in [5.41, 5.74) is 1.84. The molecule has 23 heavy (non-hydrogen) atoms. The van der Waals surface area contributed by atoms with Gasteiger partial charge in [-0.3, -0.25) is 0 Å². The molecule has 3 rings (SSSR count). The van der Waals surface area contributed by atoms with E-state index in [1.807, 2.05) is 42.5 Å². The molecule has 0 N–H and O–H groups in total. The Bertz CT molecular complexity index is 845. The minimum Gasteiger partial charge on any atom is -0.497 e. The van der Waals surface area contributed by atoms with E-state index in [0.29, 0.717) is 5.90 Å². The first-order chi connectivity index (χ1) is 11.1. The molecule has 0 saturated heterocycles. The van der Waals surface area contributed by atoms with Crippen LogP contribution < -0.4 is 4.74 Å². The Labute approximate surface area is 155 Å². The Hall–Kier alpha value is -1.67. The standard InChI is InChI=1S/C17H11BrINO3/c1-22-12-4-2-3-10(7-12)8-15-17(21)23-16(20-15)11-5-6-14(19)13(18)9-11/h2-9H,1H3/b15-8-. The molecule has 0 aliphatic carbocycles. The summed E-state index contributed by atoms with van der Waals surface area (Å²) in [5.74, 6) is 0.565. The van der Waals surface area contributed by atoms with Crippen molar-refractivity contribution in [2.45, 2.75) is 0 Å². The zero-order valence-electron chi connectivity index (χ0n) is 12.0. The Morgan fingerprint density at radius 1 is 1.26 bits per heavy atom. The van der Waals surface area contributed by atoms with Gasteiger partial charge in [-0.15, -0.1) is 0 Å². The summed E-state index contributed by atoms with van der Waals surface area (Å²) in [7, 11) is 1.60. The molecule has 1 heterocycles. The van der Waals surface area contributed by atoms with E-state index in [-0.39, 0.29) is 5.70 Å². The fraction of sp³-hybridized carbons (Fsp3) is 0.0588. The second-order valence-electron chi connectivity index (χ2n) is 4.74. The quantitative estimate of drug-likeness (QED) is 0.369. The van der Waals surface area contributed by atoms with E-state index < -0.39 is 5.97 Å². The highest BCUT2D eigenvalue weighted by atomic mass is 127. The molecule has 0 fully saturated rings. The molecule has 0 aromatic heterocycles. The highest BCUT2D eigenvalue weighted by Crippen LogP contribution is 2.25. The normalized spacial score (nSPS) is 15.5. The second-order valence-corrected chi connectivity index (χ2v) is 6.76. The van der Waals surface area contributed by atoms with Gasteiger partial charge in [0.05, 0.1) is 7.11 Å². The van der Waals surface area contributed by atoms with Gasteiger partial charge >= 0.3 is 5.97 Å². The third-order valence-corrected chi connectivity index (χ3v) is 5.52. The lowest BCUT2D eigenvalue weighted by atomic mass is 10.2. The molecule has 0 atom stereocenters. The van der Waals surface area contributed by atoms with Gasteiger partial charge in [-0.05, 0) is 80.5 Å². The Kier molecular flexibility index (Phi) is 4.82. The number of halogens is 2. The molecule has 6 heteroatoms. The van der Waals surface area contributed by atoms with Crippen LogP contribution in [0.5, 0.6) is 5.75 Å². The van der Waals surface area contributed by atoms with Gasteiger partial charge in [-0.2, -0.15) is 0 Å². The number of cyclic esters (lactones) is 1. The third kappa shape index (κ3) is 3.64. The third-order valence-electron chi connectivity index (χ3n) is 3.18. The number of esters is 1. The summed E-state index contributed by atoms with van der Waals surface area (Å²) in [5, 5.41) is 0. The maximum absolute atomic E-state index is 12.0. The summed E-state index contributed by atoms with van der Waals surface area (Å²) in [6.07, 6.45) is 1.68. The summed E-state index contributed by atoms with van der Waals surface area (Å²) < 4.78 is 12.4. The first-order valence-corrected chi connectivity index (χ1v) is 8.56.